The minimum Gasteiger partial charge on any atom is -0.497 e. The van der Waals surface area contributed by atoms with Crippen LogP contribution in [0.4, 0.5) is 5.82 Å². The number of fused-ring (bicyclic) bond motifs is 1. The molecule has 4 nitrogen and oxygen atoms in total. The lowest BCUT2D eigenvalue weighted by Gasteiger charge is -2.24. The van der Waals surface area contributed by atoms with Crippen molar-refractivity contribution in [3.05, 3.63) is 35.5 Å². The molecule has 104 valence electrons. The van der Waals surface area contributed by atoms with Gasteiger partial charge >= 0.3 is 0 Å². The quantitative estimate of drug-likeness (QED) is 0.930. The standard InChI is InChI=1S/C16H19N3O/c1-20-13-7-5-12(6-8-13)19-16-14(9-10-17-16)15(18-19)11-3-2-4-11/h5-8,11,17H,2-4,9-10H2,1H3. The molecule has 1 N–H and O–H groups in total. The van der Waals surface area contributed by atoms with Crippen LogP contribution in [-0.4, -0.2) is 23.4 Å². The molecule has 1 aliphatic heterocycles. The van der Waals surface area contributed by atoms with E-state index in [2.05, 4.69) is 22.1 Å². The van der Waals surface area contributed by atoms with E-state index in [0.717, 1.165) is 24.4 Å². The summed E-state index contributed by atoms with van der Waals surface area (Å²) in [6.45, 7) is 1.03. The smallest absolute Gasteiger partial charge is 0.133 e. The molecule has 2 aliphatic rings. The van der Waals surface area contributed by atoms with Crippen molar-refractivity contribution < 1.29 is 4.74 Å². The van der Waals surface area contributed by atoms with Gasteiger partial charge in [0.1, 0.15) is 11.6 Å². The predicted molar refractivity (Wildman–Crippen MR) is 78.9 cm³/mol. The van der Waals surface area contributed by atoms with Gasteiger partial charge in [0.25, 0.3) is 0 Å². The SMILES string of the molecule is COc1ccc(-n2nc(C3CCC3)c3c2NCC3)cc1. The molecule has 0 radical (unpaired) electrons. The van der Waals surface area contributed by atoms with E-state index in [-0.39, 0.29) is 0 Å². The van der Waals surface area contributed by atoms with Crippen LogP contribution in [0, 0.1) is 0 Å². The number of hydrogen-bond donors (Lipinski definition) is 1. The van der Waals surface area contributed by atoms with Crippen molar-refractivity contribution in [1.29, 1.82) is 0 Å². The first-order valence-electron chi connectivity index (χ1n) is 7.37. The van der Waals surface area contributed by atoms with Crippen LogP contribution in [0.25, 0.3) is 5.69 Å². The fourth-order valence-electron chi connectivity index (χ4n) is 3.12. The van der Waals surface area contributed by atoms with Crippen molar-refractivity contribution in [3.8, 4) is 11.4 Å². The molecule has 0 spiro atoms. The van der Waals surface area contributed by atoms with Crippen LogP contribution in [0.5, 0.6) is 5.75 Å². The Morgan fingerprint density at radius 2 is 2.05 bits per heavy atom. The number of nitrogens with one attached hydrogen (secondary N) is 1. The summed E-state index contributed by atoms with van der Waals surface area (Å²) < 4.78 is 7.29. The summed E-state index contributed by atoms with van der Waals surface area (Å²) in [7, 11) is 1.69. The molecule has 0 amide bonds. The Balaban J connectivity index is 1.77. The molecule has 1 fully saturated rings. The number of nitrogens with zero attached hydrogens (tertiary/aromatic N) is 2. The highest BCUT2D eigenvalue weighted by Gasteiger charge is 2.30. The van der Waals surface area contributed by atoms with E-state index in [1.54, 1.807) is 7.11 Å². The predicted octanol–water partition coefficient (Wildman–Crippen LogP) is 3.12. The topological polar surface area (TPSA) is 39.1 Å². The number of hydrogen-bond acceptors (Lipinski definition) is 3. The lowest BCUT2D eigenvalue weighted by molar-refractivity contribution is 0.407. The number of anilines is 1. The van der Waals surface area contributed by atoms with Gasteiger partial charge in [-0.05, 0) is 43.5 Å². The van der Waals surface area contributed by atoms with Gasteiger partial charge in [0, 0.05) is 18.0 Å². The Bertz CT molecular complexity index is 626. The zero-order valence-electron chi connectivity index (χ0n) is 11.7. The Hall–Kier alpha value is -1.97. The lowest BCUT2D eigenvalue weighted by atomic mass is 9.81. The summed E-state index contributed by atoms with van der Waals surface area (Å²) in [5, 5.41) is 8.38. The third kappa shape index (κ3) is 1.71. The minimum atomic E-state index is 0.683. The first-order valence-corrected chi connectivity index (χ1v) is 7.37. The van der Waals surface area contributed by atoms with Crippen molar-refractivity contribution in [3.63, 3.8) is 0 Å². The average molecular weight is 269 g/mol. The minimum absolute atomic E-state index is 0.683. The Morgan fingerprint density at radius 1 is 1.25 bits per heavy atom. The highest BCUT2D eigenvalue weighted by molar-refractivity contribution is 5.58. The fourth-order valence-corrected chi connectivity index (χ4v) is 3.12. The Morgan fingerprint density at radius 3 is 2.70 bits per heavy atom. The summed E-state index contributed by atoms with van der Waals surface area (Å²) in [4.78, 5) is 0. The Kier molecular flexibility index (Phi) is 2.69. The summed E-state index contributed by atoms with van der Waals surface area (Å²) in [6.07, 6.45) is 5.05. The first kappa shape index (κ1) is 11.8. The van der Waals surface area contributed by atoms with Crippen LogP contribution >= 0.6 is 0 Å². The van der Waals surface area contributed by atoms with E-state index in [0.29, 0.717) is 5.92 Å². The number of ether oxygens (including phenoxy) is 1. The molecule has 0 saturated heterocycles. The van der Waals surface area contributed by atoms with E-state index in [4.69, 9.17) is 9.84 Å². The van der Waals surface area contributed by atoms with Crippen molar-refractivity contribution in [2.45, 2.75) is 31.6 Å². The summed E-state index contributed by atoms with van der Waals surface area (Å²) >= 11 is 0. The molecule has 1 aromatic carbocycles. The molecule has 1 saturated carbocycles. The molecule has 0 unspecified atom stereocenters. The van der Waals surface area contributed by atoms with Gasteiger partial charge in [-0.3, -0.25) is 0 Å². The van der Waals surface area contributed by atoms with Crippen LogP contribution in [0.2, 0.25) is 0 Å². The zero-order valence-corrected chi connectivity index (χ0v) is 11.7. The summed E-state index contributed by atoms with van der Waals surface area (Å²) in [5.74, 6) is 2.75. The number of rotatable bonds is 3. The molecule has 20 heavy (non-hydrogen) atoms. The third-order valence-corrected chi connectivity index (χ3v) is 4.49. The van der Waals surface area contributed by atoms with Crippen LogP contribution in [-0.2, 0) is 6.42 Å². The zero-order chi connectivity index (χ0) is 13.5. The van der Waals surface area contributed by atoms with Gasteiger partial charge in [-0.25, -0.2) is 4.68 Å². The van der Waals surface area contributed by atoms with E-state index in [1.807, 2.05) is 12.1 Å². The molecule has 0 atom stereocenters. The van der Waals surface area contributed by atoms with Crippen molar-refractivity contribution in [2.24, 2.45) is 0 Å². The highest BCUT2D eigenvalue weighted by atomic mass is 16.5. The monoisotopic (exact) mass is 269 g/mol. The second-order valence-corrected chi connectivity index (χ2v) is 5.63. The number of aromatic nitrogens is 2. The van der Waals surface area contributed by atoms with Gasteiger partial charge in [0.05, 0.1) is 18.5 Å². The lowest BCUT2D eigenvalue weighted by Crippen LogP contribution is -2.12. The maximum absolute atomic E-state index is 5.22. The largest absolute Gasteiger partial charge is 0.497 e. The highest BCUT2D eigenvalue weighted by Crippen LogP contribution is 2.41. The van der Waals surface area contributed by atoms with E-state index in [1.165, 1.54) is 36.3 Å². The molecule has 1 aromatic heterocycles. The maximum atomic E-state index is 5.22. The maximum Gasteiger partial charge on any atom is 0.133 e. The van der Waals surface area contributed by atoms with Crippen LogP contribution < -0.4 is 10.1 Å². The van der Waals surface area contributed by atoms with E-state index < -0.39 is 0 Å². The van der Waals surface area contributed by atoms with Gasteiger partial charge in [0.15, 0.2) is 0 Å². The molecule has 2 aromatic rings. The third-order valence-electron chi connectivity index (χ3n) is 4.49. The number of methoxy groups -OCH3 is 1. The molecule has 4 rings (SSSR count). The average Bonchev–Trinajstić information content (AvgIpc) is 3.01. The number of benzene rings is 1. The summed E-state index contributed by atoms with van der Waals surface area (Å²) in [6, 6.07) is 8.11. The molecule has 0 bridgehead atoms. The van der Waals surface area contributed by atoms with Gasteiger partial charge in [-0.15, -0.1) is 0 Å². The van der Waals surface area contributed by atoms with Crippen LogP contribution in [0.15, 0.2) is 24.3 Å². The summed E-state index contributed by atoms with van der Waals surface area (Å²) in [5.41, 5.74) is 3.86. The van der Waals surface area contributed by atoms with Gasteiger partial charge in [-0.2, -0.15) is 5.10 Å². The van der Waals surface area contributed by atoms with Crippen LogP contribution in [0.3, 0.4) is 0 Å². The Labute approximate surface area is 118 Å². The second kappa shape index (κ2) is 4.54. The second-order valence-electron chi connectivity index (χ2n) is 5.63. The van der Waals surface area contributed by atoms with Crippen molar-refractivity contribution in [2.75, 3.05) is 19.0 Å². The molecule has 1 aliphatic carbocycles. The van der Waals surface area contributed by atoms with Crippen LogP contribution in [0.1, 0.15) is 36.4 Å². The van der Waals surface area contributed by atoms with Crippen molar-refractivity contribution >= 4 is 5.82 Å². The fraction of sp³-hybridized carbons (Fsp3) is 0.438. The van der Waals surface area contributed by atoms with E-state index >= 15 is 0 Å². The van der Waals surface area contributed by atoms with Gasteiger partial charge in [0.2, 0.25) is 0 Å². The first-order chi connectivity index (χ1) is 9.86. The molecular weight excluding hydrogens is 250 g/mol. The molecular formula is C16H19N3O. The van der Waals surface area contributed by atoms with Gasteiger partial charge in [-0.1, -0.05) is 6.42 Å². The molecule has 2 heterocycles. The van der Waals surface area contributed by atoms with Crippen molar-refractivity contribution in [1.82, 2.24) is 9.78 Å². The molecule has 4 heteroatoms. The van der Waals surface area contributed by atoms with E-state index in [9.17, 15) is 0 Å². The normalized spacial score (nSPS) is 17.4. The van der Waals surface area contributed by atoms with Gasteiger partial charge < -0.3 is 10.1 Å².